The average Bonchev–Trinajstić information content (AvgIpc) is 2.26. The van der Waals surface area contributed by atoms with Crippen LogP contribution in [0.25, 0.3) is 0 Å². The first kappa shape index (κ1) is 15.9. The lowest BCUT2D eigenvalue weighted by molar-refractivity contribution is -0.133. The van der Waals surface area contributed by atoms with E-state index in [1.807, 2.05) is 32.6 Å². The zero-order valence-corrected chi connectivity index (χ0v) is 13.4. The highest BCUT2D eigenvalue weighted by Gasteiger charge is 2.28. The van der Waals surface area contributed by atoms with Crippen molar-refractivity contribution < 1.29 is 9.90 Å². The van der Waals surface area contributed by atoms with Crippen molar-refractivity contribution in [1.29, 1.82) is 0 Å². The normalized spacial score (nSPS) is 20.3. The van der Waals surface area contributed by atoms with E-state index in [4.69, 9.17) is 0 Å². The van der Waals surface area contributed by atoms with Crippen LogP contribution in [-0.4, -0.2) is 64.0 Å². The van der Waals surface area contributed by atoms with Gasteiger partial charge in [-0.25, -0.2) is 0 Å². The monoisotopic (exact) mass is 320 g/mol. The molecule has 1 unspecified atom stereocenters. The molecule has 1 saturated heterocycles. The van der Waals surface area contributed by atoms with Crippen LogP contribution >= 0.6 is 15.9 Å². The minimum atomic E-state index is -0.665. The molecule has 0 aromatic rings. The van der Waals surface area contributed by atoms with Gasteiger partial charge in [0.25, 0.3) is 0 Å². The van der Waals surface area contributed by atoms with Crippen molar-refractivity contribution in [2.24, 2.45) is 5.92 Å². The molecule has 1 aliphatic heterocycles. The molecule has 1 heterocycles. The van der Waals surface area contributed by atoms with Crippen molar-refractivity contribution in [3.8, 4) is 0 Å². The highest BCUT2D eigenvalue weighted by atomic mass is 79.9. The second-order valence-electron chi connectivity index (χ2n) is 6.06. The fourth-order valence-electron chi connectivity index (χ4n) is 2.13. The molecule has 0 aromatic carbocycles. The minimum absolute atomic E-state index is 0.0849. The Bertz CT molecular complexity index is 281. The number of carbonyl (C=O) groups excluding carboxylic acids is 1. The molecule has 18 heavy (non-hydrogen) atoms. The van der Waals surface area contributed by atoms with Gasteiger partial charge >= 0.3 is 0 Å². The first-order chi connectivity index (χ1) is 8.20. The molecule has 0 aliphatic carbocycles. The molecule has 0 saturated carbocycles. The molecule has 1 rings (SSSR count). The van der Waals surface area contributed by atoms with E-state index in [0.717, 1.165) is 26.2 Å². The second kappa shape index (κ2) is 6.35. The smallest absolute Gasteiger partial charge is 0.236 e. The van der Waals surface area contributed by atoms with Crippen molar-refractivity contribution in [2.75, 3.05) is 32.7 Å². The molecular formula is C13H25BrN2O2. The maximum atomic E-state index is 12.1. The first-order valence-corrected chi connectivity index (χ1v) is 7.50. The Balaban J connectivity index is 2.42. The molecule has 0 bridgehead atoms. The minimum Gasteiger partial charge on any atom is -0.389 e. The molecule has 1 aliphatic rings. The summed E-state index contributed by atoms with van der Waals surface area (Å²) < 4.78 is 0. The number of hydrogen-bond donors (Lipinski definition) is 1. The third kappa shape index (κ3) is 4.86. The number of carbonyl (C=O) groups is 1. The van der Waals surface area contributed by atoms with Gasteiger partial charge in [0.15, 0.2) is 0 Å². The molecule has 1 fully saturated rings. The highest BCUT2D eigenvalue weighted by molar-refractivity contribution is 9.10. The Hall–Kier alpha value is -0.130. The summed E-state index contributed by atoms with van der Waals surface area (Å²) in [5.41, 5.74) is -0.665. The number of alkyl halides is 1. The largest absolute Gasteiger partial charge is 0.389 e. The summed E-state index contributed by atoms with van der Waals surface area (Å²) in [6, 6.07) is 0. The average molecular weight is 321 g/mol. The van der Waals surface area contributed by atoms with E-state index in [1.54, 1.807) is 0 Å². The topological polar surface area (TPSA) is 43.8 Å². The van der Waals surface area contributed by atoms with Gasteiger partial charge in [-0.15, -0.1) is 0 Å². The quantitative estimate of drug-likeness (QED) is 0.795. The number of rotatable bonds is 4. The van der Waals surface area contributed by atoms with Gasteiger partial charge in [-0.1, -0.05) is 29.8 Å². The summed E-state index contributed by atoms with van der Waals surface area (Å²) >= 11 is 3.46. The van der Waals surface area contributed by atoms with Crippen molar-refractivity contribution in [3.63, 3.8) is 0 Å². The van der Waals surface area contributed by atoms with E-state index in [-0.39, 0.29) is 10.7 Å². The van der Waals surface area contributed by atoms with Crippen LogP contribution in [-0.2, 0) is 4.79 Å². The number of nitrogens with zero attached hydrogens (tertiary/aromatic N) is 2. The number of halogens is 1. The van der Waals surface area contributed by atoms with Crippen LogP contribution in [0.5, 0.6) is 0 Å². The van der Waals surface area contributed by atoms with E-state index < -0.39 is 5.60 Å². The molecule has 4 nitrogen and oxygen atoms in total. The highest BCUT2D eigenvalue weighted by Crippen LogP contribution is 2.17. The molecule has 1 amide bonds. The van der Waals surface area contributed by atoms with Gasteiger partial charge < -0.3 is 10.0 Å². The molecule has 5 heteroatoms. The number of amides is 1. The van der Waals surface area contributed by atoms with Gasteiger partial charge in [-0.3, -0.25) is 9.69 Å². The molecule has 0 aromatic heterocycles. The van der Waals surface area contributed by atoms with Crippen molar-refractivity contribution in [1.82, 2.24) is 9.80 Å². The Morgan fingerprint density at radius 3 is 2.17 bits per heavy atom. The third-order valence-corrected chi connectivity index (χ3v) is 4.56. The van der Waals surface area contributed by atoms with Crippen LogP contribution in [0.2, 0.25) is 0 Å². The van der Waals surface area contributed by atoms with E-state index in [9.17, 15) is 9.90 Å². The summed E-state index contributed by atoms with van der Waals surface area (Å²) in [7, 11) is 0. The molecule has 1 atom stereocenters. The maximum Gasteiger partial charge on any atom is 0.236 e. The lowest BCUT2D eigenvalue weighted by Crippen LogP contribution is -2.53. The van der Waals surface area contributed by atoms with Gasteiger partial charge in [-0.05, 0) is 19.8 Å². The number of piperazine rings is 1. The molecular weight excluding hydrogens is 296 g/mol. The third-order valence-electron chi connectivity index (χ3n) is 3.12. The molecule has 0 radical (unpaired) electrons. The van der Waals surface area contributed by atoms with Crippen LogP contribution in [0, 0.1) is 5.92 Å². The maximum absolute atomic E-state index is 12.1. The second-order valence-corrected chi connectivity index (χ2v) is 7.05. The summed E-state index contributed by atoms with van der Waals surface area (Å²) in [6.45, 7) is 11.6. The number of aliphatic hydroxyl groups is 1. The van der Waals surface area contributed by atoms with E-state index in [1.165, 1.54) is 0 Å². The van der Waals surface area contributed by atoms with Crippen molar-refractivity contribution >= 4 is 21.8 Å². The van der Waals surface area contributed by atoms with Crippen LogP contribution < -0.4 is 0 Å². The van der Waals surface area contributed by atoms with Gasteiger partial charge in [0, 0.05) is 32.7 Å². The van der Waals surface area contributed by atoms with Crippen molar-refractivity contribution in [3.05, 3.63) is 0 Å². The van der Waals surface area contributed by atoms with E-state index >= 15 is 0 Å². The first-order valence-electron chi connectivity index (χ1n) is 6.58. The van der Waals surface area contributed by atoms with Crippen LogP contribution in [0.3, 0.4) is 0 Å². The summed E-state index contributed by atoms with van der Waals surface area (Å²) in [5.74, 6) is 0.500. The fraction of sp³-hybridized carbons (Fsp3) is 0.923. The van der Waals surface area contributed by atoms with Crippen molar-refractivity contribution in [2.45, 2.75) is 38.1 Å². The predicted molar refractivity (Wildman–Crippen MR) is 76.9 cm³/mol. The SMILES string of the molecule is CC(C)C(Br)C(=O)N1CCN(CC(C)(C)O)CC1. The van der Waals surface area contributed by atoms with Gasteiger partial charge in [0.2, 0.25) is 5.91 Å². The van der Waals surface area contributed by atoms with Crippen LogP contribution in [0.4, 0.5) is 0 Å². The van der Waals surface area contributed by atoms with Gasteiger partial charge in [0.05, 0.1) is 10.4 Å². The molecule has 106 valence electrons. The van der Waals surface area contributed by atoms with E-state index in [2.05, 4.69) is 20.8 Å². The summed E-state index contributed by atoms with van der Waals surface area (Å²) in [4.78, 5) is 16.2. The Morgan fingerprint density at radius 1 is 1.28 bits per heavy atom. The fourth-order valence-corrected chi connectivity index (χ4v) is 2.42. The Morgan fingerprint density at radius 2 is 1.78 bits per heavy atom. The standard InChI is InChI=1S/C13H25BrN2O2/c1-10(2)11(14)12(17)16-7-5-15(6-8-16)9-13(3,4)18/h10-11,18H,5-9H2,1-4H3. The zero-order chi connectivity index (χ0) is 13.9. The molecule has 0 spiro atoms. The predicted octanol–water partition coefficient (Wildman–Crippen LogP) is 1.32. The Labute approximate surface area is 118 Å². The summed E-state index contributed by atoms with van der Waals surface area (Å²) in [6.07, 6.45) is 0. The lowest BCUT2D eigenvalue weighted by Gasteiger charge is -2.38. The van der Waals surface area contributed by atoms with Crippen LogP contribution in [0.1, 0.15) is 27.7 Å². The summed E-state index contributed by atoms with van der Waals surface area (Å²) in [5, 5.41) is 9.78. The number of hydrogen-bond acceptors (Lipinski definition) is 3. The van der Waals surface area contributed by atoms with E-state index in [0.29, 0.717) is 12.5 Å². The zero-order valence-electron chi connectivity index (χ0n) is 11.8. The number of β-amino-alcohol motifs (C(OH)–C–C–N with tert-alkyl or cyclic N) is 1. The van der Waals surface area contributed by atoms with Gasteiger partial charge in [0.1, 0.15) is 0 Å². The Kier molecular flexibility index (Phi) is 5.62. The van der Waals surface area contributed by atoms with Gasteiger partial charge in [-0.2, -0.15) is 0 Å². The molecule has 1 N–H and O–H groups in total. The van der Waals surface area contributed by atoms with Crippen LogP contribution in [0.15, 0.2) is 0 Å². The lowest BCUT2D eigenvalue weighted by atomic mass is 10.1.